The molecule has 0 saturated carbocycles. The summed E-state index contributed by atoms with van der Waals surface area (Å²) in [5.41, 5.74) is 6.77. The number of amides is 1. The van der Waals surface area contributed by atoms with Crippen molar-refractivity contribution < 1.29 is 4.79 Å². The van der Waals surface area contributed by atoms with E-state index in [1.165, 1.54) is 11.8 Å². The van der Waals surface area contributed by atoms with E-state index in [9.17, 15) is 4.79 Å². The summed E-state index contributed by atoms with van der Waals surface area (Å²) >= 11 is 16.8. The van der Waals surface area contributed by atoms with Crippen molar-refractivity contribution in [3.05, 3.63) is 50.9 Å². The lowest BCUT2D eigenvalue weighted by atomic mass is 10.3. The molecular weight excluding hydrogens is 395 g/mol. The van der Waals surface area contributed by atoms with Crippen molar-refractivity contribution in [2.75, 3.05) is 16.8 Å². The fourth-order valence-electron chi connectivity index (χ4n) is 1.57. The van der Waals surface area contributed by atoms with Gasteiger partial charge in [-0.25, -0.2) is 0 Å². The van der Waals surface area contributed by atoms with Crippen LogP contribution in [0.25, 0.3) is 0 Å². The highest BCUT2D eigenvalue weighted by Crippen LogP contribution is 2.31. The Morgan fingerprint density at radius 1 is 1.24 bits per heavy atom. The van der Waals surface area contributed by atoms with Crippen molar-refractivity contribution in [3.8, 4) is 0 Å². The molecule has 21 heavy (non-hydrogen) atoms. The number of thioether (sulfide) groups is 1. The second-order valence-corrected chi connectivity index (χ2v) is 6.81. The maximum atomic E-state index is 12.0. The minimum absolute atomic E-state index is 0.182. The lowest BCUT2D eigenvalue weighted by Gasteiger charge is -2.09. The molecule has 0 aliphatic rings. The van der Waals surface area contributed by atoms with Gasteiger partial charge in [0.1, 0.15) is 0 Å². The Labute approximate surface area is 145 Å². The molecule has 3 nitrogen and oxygen atoms in total. The monoisotopic (exact) mass is 404 g/mol. The summed E-state index contributed by atoms with van der Waals surface area (Å²) in [7, 11) is 0. The lowest BCUT2D eigenvalue weighted by Crippen LogP contribution is -2.14. The van der Waals surface area contributed by atoms with Crippen molar-refractivity contribution in [1.82, 2.24) is 0 Å². The molecule has 2 aromatic carbocycles. The van der Waals surface area contributed by atoms with E-state index in [-0.39, 0.29) is 11.7 Å². The molecule has 2 rings (SSSR count). The Bertz CT molecular complexity index is 662. The summed E-state index contributed by atoms with van der Waals surface area (Å²) in [4.78, 5) is 12.9. The van der Waals surface area contributed by atoms with Crippen LogP contribution in [0.5, 0.6) is 0 Å². The summed E-state index contributed by atoms with van der Waals surface area (Å²) in [5.74, 6) is 0.0584. The molecule has 0 heterocycles. The highest BCUT2D eigenvalue weighted by Gasteiger charge is 2.11. The number of carbonyl (C=O) groups is 1. The van der Waals surface area contributed by atoms with E-state index in [1.54, 1.807) is 30.3 Å². The van der Waals surface area contributed by atoms with Crippen molar-refractivity contribution in [3.63, 3.8) is 0 Å². The van der Waals surface area contributed by atoms with Gasteiger partial charge < -0.3 is 11.1 Å². The predicted octanol–water partition coefficient (Wildman–Crippen LogP) is 5.07. The average Bonchev–Trinajstić information content (AvgIpc) is 2.42. The topological polar surface area (TPSA) is 55.1 Å². The zero-order valence-corrected chi connectivity index (χ0v) is 14.6. The van der Waals surface area contributed by atoms with Crippen LogP contribution in [-0.4, -0.2) is 11.7 Å². The SMILES string of the molecule is Nc1ccc(SCC(=O)Nc2c(Cl)cccc2Cl)c(Br)c1. The molecule has 0 spiro atoms. The van der Waals surface area contributed by atoms with Crippen LogP contribution >= 0.6 is 50.9 Å². The van der Waals surface area contributed by atoms with E-state index in [1.807, 2.05) is 6.07 Å². The number of nitrogens with one attached hydrogen (secondary N) is 1. The van der Waals surface area contributed by atoms with Gasteiger partial charge in [0, 0.05) is 15.1 Å². The first-order chi connectivity index (χ1) is 9.97. The van der Waals surface area contributed by atoms with Crippen molar-refractivity contribution in [2.45, 2.75) is 4.90 Å². The molecule has 0 aromatic heterocycles. The molecule has 3 N–H and O–H groups in total. The molecule has 0 aliphatic carbocycles. The summed E-state index contributed by atoms with van der Waals surface area (Å²) in [6, 6.07) is 10.5. The normalized spacial score (nSPS) is 10.4. The van der Waals surface area contributed by atoms with E-state index in [0.717, 1.165) is 9.37 Å². The Kier molecular flexibility index (Phi) is 5.81. The van der Waals surface area contributed by atoms with Gasteiger partial charge in [-0.2, -0.15) is 0 Å². The number of anilines is 2. The van der Waals surface area contributed by atoms with Crippen LogP contribution in [-0.2, 0) is 4.79 Å². The number of carbonyl (C=O) groups excluding carboxylic acids is 1. The fourth-order valence-corrected chi connectivity index (χ4v) is 3.52. The number of nitrogens with two attached hydrogens (primary N) is 1. The van der Waals surface area contributed by atoms with Crippen molar-refractivity contribution in [2.24, 2.45) is 0 Å². The molecule has 0 unspecified atom stereocenters. The first kappa shape index (κ1) is 16.5. The van der Waals surface area contributed by atoms with Gasteiger partial charge in [0.25, 0.3) is 0 Å². The molecule has 0 atom stereocenters. The molecular formula is C14H11BrCl2N2OS. The molecule has 0 aliphatic heterocycles. The number of rotatable bonds is 4. The highest BCUT2D eigenvalue weighted by atomic mass is 79.9. The van der Waals surface area contributed by atoms with Crippen molar-refractivity contribution in [1.29, 1.82) is 0 Å². The standard InChI is InChI=1S/C14H11BrCl2N2OS/c15-9-6-8(18)4-5-12(9)21-7-13(20)19-14-10(16)2-1-3-11(14)17/h1-6H,7,18H2,(H,19,20). The van der Waals surface area contributed by atoms with Gasteiger partial charge in [0.05, 0.1) is 21.5 Å². The maximum absolute atomic E-state index is 12.0. The van der Waals surface area contributed by atoms with E-state index >= 15 is 0 Å². The summed E-state index contributed by atoms with van der Waals surface area (Å²) in [5, 5.41) is 3.54. The summed E-state index contributed by atoms with van der Waals surface area (Å²) in [6.45, 7) is 0. The third-order valence-corrected chi connectivity index (χ3v) is 5.16. The summed E-state index contributed by atoms with van der Waals surface area (Å²) in [6.07, 6.45) is 0. The Morgan fingerprint density at radius 3 is 2.52 bits per heavy atom. The average molecular weight is 406 g/mol. The van der Waals surface area contributed by atoms with Gasteiger partial charge in [-0.15, -0.1) is 11.8 Å². The van der Waals surface area contributed by atoms with Gasteiger partial charge in [0.15, 0.2) is 0 Å². The Morgan fingerprint density at radius 2 is 1.90 bits per heavy atom. The van der Waals surface area contributed by atoms with E-state index < -0.39 is 0 Å². The van der Waals surface area contributed by atoms with Crippen LogP contribution in [0.1, 0.15) is 0 Å². The fraction of sp³-hybridized carbons (Fsp3) is 0.0714. The van der Waals surface area contributed by atoms with Crippen LogP contribution in [0.3, 0.4) is 0 Å². The largest absolute Gasteiger partial charge is 0.399 e. The molecule has 0 bridgehead atoms. The number of para-hydroxylation sites is 1. The number of hydrogen-bond donors (Lipinski definition) is 2. The molecule has 2 aromatic rings. The first-order valence-electron chi connectivity index (χ1n) is 5.89. The Balaban J connectivity index is 1.99. The highest BCUT2D eigenvalue weighted by molar-refractivity contribution is 9.10. The van der Waals surface area contributed by atoms with Crippen LogP contribution < -0.4 is 11.1 Å². The smallest absolute Gasteiger partial charge is 0.234 e. The van der Waals surface area contributed by atoms with Crippen LogP contribution in [0.15, 0.2) is 45.8 Å². The second-order valence-electron chi connectivity index (χ2n) is 4.12. The third kappa shape index (κ3) is 4.54. The van der Waals surface area contributed by atoms with E-state index in [0.29, 0.717) is 21.4 Å². The molecule has 1 amide bonds. The summed E-state index contributed by atoms with van der Waals surface area (Å²) < 4.78 is 0.857. The quantitative estimate of drug-likeness (QED) is 0.551. The van der Waals surface area contributed by atoms with Gasteiger partial charge >= 0.3 is 0 Å². The molecule has 0 fully saturated rings. The van der Waals surface area contributed by atoms with Crippen LogP contribution in [0.4, 0.5) is 11.4 Å². The molecule has 7 heteroatoms. The number of halogens is 3. The first-order valence-corrected chi connectivity index (χ1v) is 8.42. The Hall–Kier alpha value is -0.880. The zero-order valence-electron chi connectivity index (χ0n) is 10.7. The molecule has 0 radical (unpaired) electrons. The van der Waals surface area contributed by atoms with Crippen LogP contribution in [0, 0.1) is 0 Å². The predicted molar refractivity (Wildman–Crippen MR) is 94.4 cm³/mol. The van der Waals surface area contributed by atoms with Gasteiger partial charge in [-0.1, -0.05) is 29.3 Å². The second kappa shape index (κ2) is 7.40. The van der Waals surface area contributed by atoms with Crippen LogP contribution in [0.2, 0.25) is 10.0 Å². The number of nitrogen functional groups attached to an aromatic ring is 1. The third-order valence-electron chi connectivity index (χ3n) is 2.54. The van der Waals surface area contributed by atoms with E-state index in [4.69, 9.17) is 28.9 Å². The molecule has 110 valence electrons. The minimum Gasteiger partial charge on any atom is -0.399 e. The lowest BCUT2D eigenvalue weighted by molar-refractivity contribution is -0.113. The van der Waals surface area contributed by atoms with E-state index in [2.05, 4.69) is 21.2 Å². The zero-order chi connectivity index (χ0) is 15.4. The maximum Gasteiger partial charge on any atom is 0.234 e. The van der Waals surface area contributed by atoms with Gasteiger partial charge in [-0.05, 0) is 46.3 Å². The number of hydrogen-bond acceptors (Lipinski definition) is 3. The molecule has 0 saturated heterocycles. The van der Waals surface area contributed by atoms with Gasteiger partial charge in [0.2, 0.25) is 5.91 Å². The van der Waals surface area contributed by atoms with Gasteiger partial charge in [-0.3, -0.25) is 4.79 Å². The number of benzene rings is 2. The minimum atomic E-state index is -0.182. The van der Waals surface area contributed by atoms with Crippen molar-refractivity contribution >= 4 is 68.2 Å².